The Balaban J connectivity index is 2.68. The fraction of sp³-hybridized carbons (Fsp3) is 0.333. The monoisotopic (exact) mass is 275 g/mol. The predicted molar refractivity (Wildman–Crippen MR) is 75.0 cm³/mol. The second-order valence-electron chi connectivity index (χ2n) is 4.63. The summed E-state index contributed by atoms with van der Waals surface area (Å²) in [5.41, 5.74) is 1.97. The number of carbonyl (C=O) groups excluding carboxylic acids is 2. The maximum absolute atomic E-state index is 12.0. The number of para-hydroxylation sites is 1. The van der Waals surface area contributed by atoms with Gasteiger partial charge < -0.3 is 14.4 Å². The van der Waals surface area contributed by atoms with Crippen molar-refractivity contribution in [2.24, 2.45) is 0 Å². The normalized spacial score (nSPS) is 17.6. The summed E-state index contributed by atoms with van der Waals surface area (Å²) in [5.74, 6) is -0.673. The minimum atomic E-state index is -0.491. The van der Waals surface area contributed by atoms with Crippen molar-refractivity contribution >= 4 is 23.4 Å². The van der Waals surface area contributed by atoms with E-state index in [1.165, 1.54) is 14.0 Å². The molecule has 0 spiro atoms. The van der Waals surface area contributed by atoms with E-state index >= 15 is 0 Å². The van der Waals surface area contributed by atoms with E-state index in [2.05, 4.69) is 0 Å². The summed E-state index contributed by atoms with van der Waals surface area (Å²) >= 11 is 0. The molecule has 1 unspecified atom stereocenters. The molecule has 1 aliphatic heterocycles. The number of rotatable bonds is 2. The van der Waals surface area contributed by atoms with Gasteiger partial charge in [0.15, 0.2) is 5.76 Å². The number of anilines is 1. The molecule has 1 atom stereocenters. The number of carbonyl (C=O) groups is 2. The smallest absolute Gasteiger partial charge is 0.339 e. The molecule has 20 heavy (non-hydrogen) atoms. The van der Waals surface area contributed by atoms with Gasteiger partial charge in [-0.3, -0.25) is 4.79 Å². The molecule has 106 valence electrons. The van der Waals surface area contributed by atoms with Crippen LogP contribution in [0.2, 0.25) is 0 Å². The van der Waals surface area contributed by atoms with Crippen molar-refractivity contribution in [2.45, 2.75) is 19.9 Å². The van der Waals surface area contributed by atoms with Gasteiger partial charge in [-0.2, -0.15) is 0 Å². The number of benzene rings is 1. The Hall–Kier alpha value is -2.30. The third-order valence-corrected chi connectivity index (χ3v) is 3.42. The maximum Gasteiger partial charge on any atom is 0.339 e. The van der Waals surface area contributed by atoms with E-state index in [0.29, 0.717) is 11.1 Å². The van der Waals surface area contributed by atoms with Gasteiger partial charge in [-0.1, -0.05) is 12.1 Å². The third kappa shape index (κ3) is 2.27. The first-order valence-corrected chi connectivity index (χ1v) is 6.30. The quantitative estimate of drug-likeness (QED) is 0.772. The zero-order chi connectivity index (χ0) is 14.9. The van der Waals surface area contributed by atoms with Crippen molar-refractivity contribution < 1.29 is 19.1 Å². The SMILES string of the molecule is COC(=O)C1=C(OC(C)=O)c2ccccc2N(C)C1C. The van der Waals surface area contributed by atoms with Crippen molar-refractivity contribution in [1.82, 2.24) is 0 Å². The van der Waals surface area contributed by atoms with Crippen molar-refractivity contribution in [2.75, 3.05) is 19.1 Å². The molecule has 1 aliphatic rings. The van der Waals surface area contributed by atoms with Gasteiger partial charge in [-0.25, -0.2) is 4.79 Å². The highest BCUT2D eigenvalue weighted by molar-refractivity contribution is 6.02. The van der Waals surface area contributed by atoms with Gasteiger partial charge in [0, 0.05) is 25.2 Å². The molecule has 0 aromatic heterocycles. The van der Waals surface area contributed by atoms with Gasteiger partial charge in [0.1, 0.15) is 5.57 Å². The summed E-state index contributed by atoms with van der Waals surface area (Å²) in [7, 11) is 3.20. The summed E-state index contributed by atoms with van der Waals surface area (Å²) in [6, 6.07) is 7.23. The molecule has 5 nitrogen and oxygen atoms in total. The molecule has 5 heteroatoms. The second-order valence-corrected chi connectivity index (χ2v) is 4.63. The Labute approximate surface area is 117 Å². The van der Waals surface area contributed by atoms with Crippen molar-refractivity contribution in [3.8, 4) is 0 Å². The first-order valence-electron chi connectivity index (χ1n) is 6.30. The largest absolute Gasteiger partial charge is 0.465 e. The fourth-order valence-corrected chi connectivity index (χ4v) is 2.34. The van der Waals surface area contributed by atoms with Crippen molar-refractivity contribution in [3.05, 3.63) is 35.4 Å². The van der Waals surface area contributed by atoms with Gasteiger partial charge in [0.2, 0.25) is 0 Å². The van der Waals surface area contributed by atoms with E-state index in [4.69, 9.17) is 9.47 Å². The minimum Gasteiger partial charge on any atom is -0.465 e. The number of ether oxygens (including phenoxy) is 2. The molecule has 0 bridgehead atoms. The standard InChI is InChI=1S/C15H17NO4/c1-9-13(15(18)19-4)14(20-10(2)17)11-7-5-6-8-12(11)16(9)3/h5-9H,1-4H3. The van der Waals surface area contributed by atoms with Crippen LogP contribution in [0, 0.1) is 0 Å². The first kappa shape index (κ1) is 14.1. The van der Waals surface area contributed by atoms with Crippen LogP contribution < -0.4 is 4.90 Å². The van der Waals surface area contributed by atoms with E-state index in [1.54, 1.807) is 0 Å². The van der Waals surface area contributed by atoms with Crippen LogP contribution in [-0.2, 0) is 19.1 Å². The Morgan fingerprint density at radius 3 is 2.50 bits per heavy atom. The predicted octanol–water partition coefficient (Wildman–Crippen LogP) is 1.97. The zero-order valence-electron chi connectivity index (χ0n) is 12.0. The minimum absolute atomic E-state index is 0.244. The zero-order valence-corrected chi connectivity index (χ0v) is 12.0. The molecule has 0 saturated heterocycles. The molecular formula is C15H17NO4. The van der Waals surface area contributed by atoms with Crippen LogP contribution in [0.1, 0.15) is 19.4 Å². The number of fused-ring (bicyclic) bond motifs is 1. The number of hydrogen-bond acceptors (Lipinski definition) is 5. The van der Waals surface area contributed by atoms with Crippen LogP contribution in [0.15, 0.2) is 29.8 Å². The average Bonchev–Trinajstić information content (AvgIpc) is 2.43. The van der Waals surface area contributed by atoms with Crippen LogP contribution in [-0.4, -0.2) is 32.1 Å². The topological polar surface area (TPSA) is 55.8 Å². The molecule has 0 radical (unpaired) electrons. The third-order valence-electron chi connectivity index (χ3n) is 3.42. The fourth-order valence-electron chi connectivity index (χ4n) is 2.34. The highest BCUT2D eigenvalue weighted by Gasteiger charge is 2.34. The van der Waals surface area contributed by atoms with E-state index in [0.717, 1.165) is 5.69 Å². The lowest BCUT2D eigenvalue weighted by Crippen LogP contribution is -2.38. The van der Waals surface area contributed by atoms with Gasteiger partial charge in [-0.15, -0.1) is 0 Å². The summed E-state index contributed by atoms with van der Waals surface area (Å²) in [6.07, 6.45) is 0. The van der Waals surface area contributed by atoms with E-state index < -0.39 is 11.9 Å². The molecule has 0 fully saturated rings. The van der Waals surface area contributed by atoms with Crippen LogP contribution in [0.25, 0.3) is 5.76 Å². The van der Waals surface area contributed by atoms with Crippen LogP contribution >= 0.6 is 0 Å². The number of nitrogens with zero attached hydrogens (tertiary/aromatic N) is 1. The summed E-state index contributed by atoms with van der Waals surface area (Å²) < 4.78 is 10.1. The van der Waals surface area contributed by atoms with E-state index in [1.807, 2.05) is 43.1 Å². The Morgan fingerprint density at radius 1 is 1.25 bits per heavy atom. The summed E-state index contributed by atoms with van der Waals surface area (Å²) in [6.45, 7) is 3.18. The van der Waals surface area contributed by atoms with Gasteiger partial charge >= 0.3 is 11.9 Å². The molecule has 2 rings (SSSR count). The number of esters is 2. The molecular weight excluding hydrogens is 258 g/mol. The lowest BCUT2D eigenvalue weighted by atomic mass is 9.95. The number of likely N-dealkylation sites (N-methyl/N-ethyl adjacent to an activating group) is 1. The first-order chi connectivity index (χ1) is 9.47. The van der Waals surface area contributed by atoms with Crippen LogP contribution in [0.4, 0.5) is 5.69 Å². The summed E-state index contributed by atoms with van der Waals surface area (Å²) in [4.78, 5) is 25.3. The van der Waals surface area contributed by atoms with Crippen molar-refractivity contribution in [1.29, 1.82) is 0 Å². The lowest BCUT2D eigenvalue weighted by Gasteiger charge is -2.35. The Morgan fingerprint density at radius 2 is 1.90 bits per heavy atom. The van der Waals surface area contributed by atoms with E-state index in [-0.39, 0.29) is 11.8 Å². The van der Waals surface area contributed by atoms with Gasteiger partial charge in [0.05, 0.1) is 13.2 Å². The number of hydrogen-bond donors (Lipinski definition) is 0. The van der Waals surface area contributed by atoms with Gasteiger partial charge in [-0.05, 0) is 19.1 Å². The molecule has 1 heterocycles. The Kier molecular flexibility index (Phi) is 3.79. The highest BCUT2D eigenvalue weighted by Crippen LogP contribution is 2.38. The van der Waals surface area contributed by atoms with Crippen LogP contribution in [0.5, 0.6) is 0 Å². The highest BCUT2D eigenvalue weighted by atomic mass is 16.5. The maximum atomic E-state index is 12.0. The molecule has 0 saturated carbocycles. The second kappa shape index (κ2) is 5.36. The average molecular weight is 275 g/mol. The Bertz CT molecular complexity index is 591. The summed E-state index contributed by atoms with van der Waals surface area (Å²) in [5, 5.41) is 0. The molecule has 1 aromatic carbocycles. The van der Waals surface area contributed by atoms with Gasteiger partial charge in [0.25, 0.3) is 0 Å². The van der Waals surface area contributed by atoms with Crippen LogP contribution in [0.3, 0.4) is 0 Å². The molecule has 0 amide bonds. The number of methoxy groups -OCH3 is 1. The van der Waals surface area contributed by atoms with E-state index in [9.17, 15) is 9.59 Å². The van der Waals surface area contributed by atoms with Crippen molar-refractivity contribution in [3.63, 3.8) is 0 Å². The molecule has 0 N–H and O–H groups in total. The molecule has 1 aromatic rings. The molecule has 0 aliphatic carbocycles. The lowest BCUT2D eigenvalue weighted by molar-refractivity contribution is -0.136.